The van der Waals surface area contributed by atoms with E-state index in [1.54, 1.807) is 6.33 Å². The number of rotatable bonds is 7. The molecular weight excluding hydrogens is 218 g/mol. The second kappa shape index (κ2) is 6.83. The molecule has 5 heteroatoms. The van der Waals surface area contributed by atoms with Gasteiger partial charge in [-0.15, -0.1) is 0 Å². The number of nitrogens with zero attached hydrogens (tertiary/aromatic N) is 2. The van der Waals surface area contributed by atoms with Crippen molar-refractivity contribution in [3.63, 3.8) is 0 Å². The van der Waals surface area contributed by atoms with E-state index in [1.807, 2.05) is 6.07 Å². The summed E-state index contributed by atoms with van der Waals surface area (Å²) in [4.78, 5) is 18.6. The third-order valence-corrected chi connectivity index (χ3v) is 2.40. The zero-order chi connectivity index (χ0) is 12.7. The van der Waals surface area contributed by atoms with E-state index in [2.05, 4.69) is 29.1 Å². The molecule has 0 aliphatic heterocycles. The average Bonchev–Trinajstić information content (AvgIpc) is 2.28. The molecule has 0 saturated carbocycles. The van der Waals surface area contributed by atoms with E-state index in [0.717, 1.165) is 24.5 Å². The van der Waals surface area contributed by atoms with Gasteiger partial charge in [-0.05, 0) is 18.8 Å². The molecule has 17 heavy (non-hydrogen) atoms. The van der Waals surface area contributed by atoms with Crippen molar-refractivity contribution in [2.75, 3.05) is 11.9 Å². The van der Waals surface area contributed by atoms with E-state index in [-0.39, 0.29) is 6.42 Å². The molecule has 1 heterocycles. The van der Waals surface area contributed by atoms with Crippen LogP contribution in [-0.4, -0.2) is 27.6 Å². The smallest absolute Gasteiger partial charge is 0.303 e. The Morgan fingerprint density at radius 3 is 2.82 bits per heavy atom. The number of aliphatic carboxylic acids is 1. The van der Waals surface area contributed by atoms with Gasteiger partial charge in [0.05, 0.1) is 0 Å². The highest BCUT2D eigenvalue weighted by Crippen LogP contribution is 2.13. The molecule has 0 bridgehead atoms. The predicted molar refractivity (Wildman–Crippen MR) is 66.1 cm³/mol. The fourth-order valence-corrected chi connectivity index (χ4v) is 1.40. The topological polar surface area (TPSA) is 75.1 Å². The lowest BCUT2D eigenvalue weighted by atomic mass is 10.1. The van der Waals surface area contributed by atoms with Gasteiger partial charge in [-0.1, -0.05) is 13.8 Å². The summed E-state index contributed by atoms with van der Waals surface area (Å²) in [5, 5.41) is 11.7. The lowest BCUT2D eigenvalue weighted by Crippen LogP contribution is -2.06. The van der Waals surface area contributed by atoms with Gasteiger partial charge in [0.25, 0.3) is 0 Å². The van der Waals surface area contributed by atoms with Crippen LogP contribution in [0.15, 0.2) is 12.4 Å². The van der Waals surface area contributed by atoms with E-state index in [4.69, 9.17) is 5.11 Å². The summed E-state index contributed by atoms with van der Waals surface area (Å²) < 4.78 is 0. The number of carboxylic acid groups (broad SMARTS) is 1. The molecule has 1 aromatic heterocycles. The summed E-state index contributed by atoms with van der Waals surface area (Å²) >= 11 is 0. The Labute approximate surface area is 101 Å². The van der Waals surface area contributed by atoms with E-state index >= 15 is 0 Å². The van der Waals surface area contributed by atoms with E-state index in [0.29, 0.717) is 12.3 Å². The van der Waals surface area contributed by atoms with Crippen LogP contribution >= 0.6 is 0 Å². The molecule has 0 aromatic carbocycles. The molecule has 0 amide bonds. The Bertz CT molecular complexity index is 367. The lowest BCUT2D eigenvalue weighted by Gasteiger charge is -2.08. The van der Waals surface area contributed by atoms with E-state index in [1.165, 1.54) is 0 Å². The zero-order valence-corrected chi connectivity index (χ0v) is 10.3. The van der Waals surface area contributed by atoms with Crippen molar-refractivity contribution in [2.45, 2.75) is 39.0 Å². The van der Waals surface area contributed by atoms with Gasteiger partial charge < -0.3 is 10.4 Å². The van der Waals surface area contributed by atoms with Gasteiger partial charge in [0, 0.05) is 24.7 Å². The Hall–Kier alpha value is -1.65. The van der Waals surface area contributed by atoms with Crippen LogP contribution < -0.4 is 5.32 Å². The van der Waals surface area contributed by atoms with Crippen LogP contribution in [-0.2, 0) is 4.79 Å². The highest BCUT2D eigenvalue weighted by atomic mass is 16.4. The summed E-state index contributed by atoms with van der Waals surface area (Å²) in [5.74, 6) is 0.443. The molecule has 0 atom stereocenters. The largest absolute Gasteiger partial charge is 0.481 e. The van der Waals surface area contributed by atoms with Crippen molar-refractivity contribution >= 4 is 11.8 Å². The van der Waals surface area contributed by atoms with Crippen LogP contribution in [0.5, 0.6) is 0 Å². The Morgan fingerprint density at radius 1 is 1.41 bits per heavy atom. The molecule has 5 nitrogen and oxygen atoms in total. The van der Waals surface area contributed by atoms with Crippen LogP contribution in [0.3, 0.4) is 0 Å². The van der Waals surface area contributed by atoms with Gasteiger partial charge in [-0.2, -0.15) is 0 Å². The number of aromatic nitrogens is 2. The van der Waals surface area contributed by atoms with Crippen molar-refractivity contribution in [3.05, 3.63) is 18.1 Å². The number of anilines is 1. The highest BCUT2D eigenvalue weighted by molar-refractivity contribution is 5.66. The molecule has 0 saturated heterocycles. The van der Waals surface area contributed by atoms with Crippen LogP contribution in [0.25, 0.3) is 0 Å². The van der Waals surface area contributed by atoms with Gasteiger partial charge in [0.1, 0.15) is 12.1 Å². The maximum Gasteiger partial charge on any atom is 0.303 e. The highest BCUT2D eigenvalue weighted by Gasteiger charge is 2.02. The van der Waals surface area contributed by atoms with Crippen molar-refractivity contribution in [1.29, 1.82) is 0 Å². The first-order valence-corrected chi connectivity index (χ1v) is 5.87. The maximum absolute atomic E-state index is 10.3. The van der Waals surface area contributed by atoms with E-state index < -0.39 is 5.97 Å². The molecular formula is C12H19N3O2. The Kier molecular flexibility index (Phi) is 5.39. The lowest BCUT2D eigenvalue weighted by molar-refractivity contribution is -0.137. The summed E-state index contributed by atoms with van der Waals surface area (Å²) in [6.45, 7) is 4.90. The first kappa shape index (κ1) is 13.4. The fourth-order valence-electron chi connectivity index (χ4n) is 1.40. The number of carboxylic acids is 1. The van der Waals surface area contributed by atoms with Crippen LogP contribution in [0.1, 0.15) is 44.7 Å². The molecule has 1 rings (SSSR count). The average molecular weight is 237 g/mol. The third-order valence-electron chi connectivity index (χ3n) is 2.40. The van der Waals surface area contributed by atoms with Gasteiger partial charge >= 0.3 is 5.97 Å². The molecule has 0 unspecified atom stereocenters. The molecule has 0 aliphatic rings. The SMILES string of the molecule is CC(C)c1cc(NCCCCC(=O)O)ncn1. The summed E-state index contributed by atoms with van der Waals surface area (Å²) in [7, 11) is 0. The Balaban J connectivity index is 2.31. The molecule has 0 radical (unpaired) electrons. The Morgan fingerprint density at radius 2 is 2.18 bits per heavy atom. The van der Waals surface area contributed by atoms with Gasteiger partial charge in [-0.25, -0.2) is 9.97 Å². The predicted octanol–water partition coefficient (Wildman–Crippen LogP) is 2.27. The summed E-state index contributed by atoms with van der Waals surface area (Å²) in [5.41, 5.74) is 1.01. The normalized spacial score (nSPS) is 10.5. The zero-order valence-electron chi connectivity index (χ0n) is 10.3. The minimum Gasteiger partial charge on any atom is -0.481 e. The number of carbonyl (C=O) groups is 1. The van der Waals surface area contributed by atoms with Gasteiger partial charge in [0.2, 0.25) is 0 Å². The molecule has 2 N–H and O–H groups in total. The number of hydrogen-bond donors (Lipinski definition) is 2. The minimum absolute atomic E-state index is 0.225. The van der Waals surface area contributed by atoms with Crippen molar-refractivity contribution in [2.24, 2.45) is 0 Å². The van der Waals surface area contributed by atoms with Crippen LogP contribution in [0.2, 0.25) is 0 Å². The maximum atomic E-state index is 10.3. The number of hydrogen-bond acceptors (Lipinski definition) is 4. The fraction of sp³-hybridized carbons (Fsp3) is 0.583. The first-order chi connectivity index (χ1) is 8.09. The van der Waals surface area contributed by atoms with Gasteiger partial charge in [-0.3, -0.25) is 4.79 Å². The number of nitrogens with one attached hydrogen (secondary N) is 1. The third kappa shape index (κ3) is 5.29. The summed E-state index contributed by atoms with van der Waals surface area (Å²) in [6.07, 6.45) is 3.29. The molecule has 0 aliphatic carbocycles. The summed E-state index contributed by atoms with van der Waals surface area (Å²) in [6, 6.07) is 1.93. The standard InChI is InChI=1S/C12H19N3O2/c1-9(2)10-7-11(15-8-14-10)13-6-4-3-5-12(16)17/h7-9H,3-6H2,1-2H3,(H,16,17)(H,13,14,15). The minimum atomic E-state index is -0.742. The van der Waals surface area contributed by atoms with Gasteiger partial charge in [0.15, 0.2) is 0 Å². The quantitative estimate of drug-likeness (QED) is 0.711. The van der Waals surface area contributed by atoms with Crippen molar-refractivity contribution in [1.82, 2.24) is 9.97 Å². The van der Waals surface area contributed by atoms with Crippen LogP contribution in [0, 0.1) is 0 Å². The van der Waals surface area contributed by atoms with E-state index in [9.17, 15) is 4.79 Å². The van der Waals surface area contributed by atoms with Crippen LogP contribution in [0.4, 0.5) is 5.82 Å². The molecule has 1 aromatic rings. The first-order valence-electron chi connectivity index (χ1n) is 5.87. The second-order valence-electron chi connectivity index (χ2n) is 4.26. The van der Waals surface area contributed by atoms with Crippen molar-refractivity contribution in [3.8, 4) is 0 Å². The second-order valence-corrected chi connectivity index (χ2v) is 4.26. The molecule has 94 valence electrons. The number of unbranched alkanes of at least 4 members (excludes halogenated alkanes) is 1. The molecule has 0 spiro atoms. The molecule has 0 fully saturated rings. The monoisotopic (exact) mass is 237 g/mol. The van der Waals surface area contributed by atoms with Crippen molar-refractivity contribution < 1.29 is 9.90 Å².